The van der Waals surface area contributed by atoms with Gasteiger partial charge in [0.1, 0.15) is 0 Å². The monoisotopic (exact) mass is 400 g/mol. The van der Waals surface area contributed by atoms with Crippen molar-refractivity contribution in [3.63, 3.8) is 0 Å². The summed E-state index contributed by atoms with van der Waals surface area (Å²) >= 11 is 7.55. The molecule has 0 saturated carbocycles. The first-order chi connectivity index (χ1) is 11.9. The number of sulfonamides is 1. The fourth-order valence-electron chi connectivity index (χ4n) is 2.06. The van der Waals surface area contributed by atoms with Gasteiger partial charge in [-0.2, -0.15) is 0 Å². The summed E-state index contributed by atoms with van der Waals surface area (Å²) in [5, 5.41) is 6.65. The van der Waals surface area contributed by atoms with E-state index in [4.69, 9.17) is 11.6 Å². The van der Waals surface area contributed by atoms with Crippen molar-refractivity contribution in [2.45, 2.75) is 18.4 Å². The molecule has 0 bridgehead atoms. The van der Waals surface area contributed by atoms with Crippen molar-refractivity contribution in [3.05, 3.63) is 51.2 Å². The Labute approximate surface area is 157 Å². The molecule has 1 heterocycles. The van der Waals surface area contributed by atoms with Gasteiger partial charge in [-0.1, -0.05) is 17.7 Å². The number of guanidine groups is 1. The molecule has 0 spiro atoms. The van der Waals surface area contributed by atoms with Crippen LogP contribution in [0, 0.1) is 6.92 Å². The molecule has 2 aromatic rings. The third-order valence-corrected chi connectivity index (χ3v) is 5.96. The standard InChI is InChI=1S/C16H21ClN4O2S2/c1-12-6-7-14(24-12)11-20-16(18-2)19-8-9-21-25(22,23)15-5-3-4-13(17)10-15/h3-7,10,21H,8-9,11H2,1-2H3,(H2,18,19,20). The van der Waals surface area contributed by atoms with Crippen LogP contribution in [0.3, 0.4) is 0 Å². The van der Waals surface area contributed by atoms with Crippen LogP contribution in [0.2, 0.25) is 5.02 Å². The lowest BCUT2D eigenvalue weighted by Crippen LogP contribution is -2.41. The van der Waals surface area contributed by atoms with Crippen LogP contribution in [-0.4, -0.2) is 34.5 Å². The van der Waals surface area contributed by atoms with Crippen molar-refractivity contribution in [1.82, 2.24) is 15.4 Å². The maximum absolute atomic E-state index is 12.2. The van der Waals surface area contributed by atoms with Gasteiger partial charge in [-0.15, -0.1) is 11.3 Å². The van der Waals surface area contributed by atoms with E-state index in [-0.39, 0.29) is 11.4 Å². The van der Waals surface area contributed by atoms with Gasteiger partial charge in [0, 0.05) is 34.9 Å². The number of nitrogens with zero attached hydrogens (tertiary/aromatic N) is 1. The molecule has 0 unspecified atom stereocenters. The Hall–Kier alpha value is -1.61. The molecule has 0 saturated heterocycles. The molecule has 0 amide bonds. The van der Waals surface area contributed by atoms with Crippen LogP contribution < -0.4 is 15.4 Å². The molecule has 1 aromatic heterocycles. The van der Waals surface area contributed by atoms with Crippen LogP contribution in [0.4, 0.5) is 0 Å². The lowest BCUT2D eigenvalue weighted by molar-refractivity contribution is 0.580. The molecule has 0 radical (unpaired) electrons. The highest BCUT2D eigenvalue weighted by atomic mass is 35.5. The highest BCUT2D eigenvalue weighted by Crippen LogP contribution is 2.15. The molecule has 0 fully saturated rings. The molecule has 0 atom stereocenters. The van der Waals surface area contributed by atoms with Crippen LogP contribution in [0.15, 0.2) is 46.3 Å². The first kappa shape index (κ1) is 19.7. The Morgan fingerprint density at radius 1 is 1.20 bits per heavy atom. The van der Waals surface area contributed by atoms with E-state index in [1.807, 2.05) is 0 Å². The van der Waals surface area contributed by atoms with Gasteiger partial charge in [0.15, 0.2) is 5.96 Å². The number of aliphatic imine (C=N–C) groups is 1. The van der Waals surface area contributed by atoms with E-state index >= 15 is 0 Å². The van der Waals surface area contributed by atoms with E-state index in [1.165, 1.54) is 21.9 Å². The first-order valence-corrected chi connectivity index (χ1v) is 10.3. The molecule has 9 heteroatoms. The second-order valence-electron chi connectivity index (χ2n) is 5.22. The van der Waals surface area contributed by atoms with Crippen LogP contribution in [0.25, 0.3) is 0 Å². The normalized spacial score (nSPS) is 12.2. The Morgan fingerprint density at radius 3 is 2.64 bits per heavy atom. The predicted molar refractivity (Wildman–Crippen MR) is 104 cm³/mol. The van der Waals surface area contributed by atoms with E-state index in [9.17, 15) is 8.42 Å². The number of benzene rings is 1. The summed E-state index contributed by atoms with van der Waals surface area (Å²) in [4.78, 5) is 6.74. The summed E-state index contributed by atoms with van der Waals surface area (Å²) < 4.78 is 26.9. The zero-order chi connectivity index (χ0) is 18.3. The minimum absolute atomic E-state index is 0.149. The van der Waals surface area contributed by atoms with Crippen molar-refractivity contribution in [2.75, 3.05) is 20.1 Å². The number of rotatable bonds is 7. The Kier molecular flexibility index (Phi) is 7.24. The first-order valence-electron chi connectivity index (χ1n) is 7.66. The fourth-order valence-corrected chi connectivity index (χ4v) is 4.22. The summed E-state index contributed by atoms with van der Waals surface area (Å²) in [6.45, 7) is 3.37. The maximum Gasteiger partial charge on any atom is 0.240 e. The topological polar surface area (TPSA) is 82.6 Å². The number of halogens is 1. The fraction of sp³-hybridized carbons (Fsp3) is 0.312. The average Bonchev–Trinajstić information content (AvgIpc) is 2.99. The number of aryl methyl sites for hydroxylation is 1. The van der Waals surface area contributed by atoms with Crippen molar-refractivity contribution < 1.29 is 8.42 Å². The smallest absolute Gasteiger partial charge is 0.240 e. The molecule has 1 aromatic carbocycles. The zero-order valence-electron chi connectivity index (χ0n) is 14.0. The summed E-state index contributed by atoms with van der Waals surface area (Å²) in [5.41, 5.74) is 0. The van der Waals surface area contributed by atoms with Crippen molar-refractivity contribution in [2.24, 2.45) is 4.99 Å². The van der Waals surface area contributed by atoms with Gasteiger partial charge < -0.3 is 10.6 Å². The quantitative estimate of drug-likeness (QED) is 0.378. The van der Waals surface area contributed by atoms with Crippen LogP contribution >= 0.6 is 22.9 Å². The Bertz CT molecular complexity index is 834. The molecule has 0 aliphatic rings. The Morgan fingerprint density at radius 2 is 2.00 bits per heavy atom. The van der Waals surface area contributed by atoms with E-state index in [2.05, 4.69) is 39.4 Å². The summed E-state index contributed by atoms with van der Waals surface area (Å²) in [7, 11) is -1.90. The molecule has 0 aliphatic heterocycles. The van der Waals surface area contributed by atoms with E-state index in [0.717, 1.165) is 0 Å². The second-order valence-corrected chi connectivity index (χ2v) is 8.80. The van der Waals surface area contributed by atoms with Crippen LogP contribution in [-0.2, 0) is 16.6 Å². The minimum atomic E-state index is -3.57. The van der Waals surface area contributed by atoms with Crippen LogP contribution in [0.1, 0.15) is 9.75 Å². The molecule has 2 rings (SSSR count). The third-order valence-electron chi connectivity index (χ3n) is 3.27. The summed E-state index contributed by atoms with van der Waals surface area (Å²) in [5.74, 6) is 0.619. The van der Waals surface area contributed by atoms with Gasteiger partial charge in [0.05, 0.1) is 11.4 Å². The lowest BCUT2D eigenvalue weighted by atomic mass is 10.4. The van der Waals surface area contributed by atoms with Gasteiger partial charge in [-0.25, -0.2) is 13.1 Å². The maximum atomic E-state index is 12.2. The number of hydrogen-bond donors (Lipinski definition) is 3. The summed E-state index contributed by atoms with van der Waals surface area (Å²) in [6, 6.07) is 10.3. The van der Waals surface area contributed by atoms with Gasteiger partial charge >= 0.3 is 0 Å². The number of nitrogens with one attached hydrogen (secondary N) is 3. The summed E-state index contributed by atoms with van der Waals surface area (Å²) in [6.07, 6.45) is 0. The van der Waals surface area contributed by atoms with E-state index < -0.39 is 10.0 Å². The highest BCUT2D eigenvalue weighted by molar-refractivity contribution is 7.89. The van der Waals surface area contributed by atoms with Crippen molar-refractivity contribution in [1.29, 1.82) is 0 Å². The van der Waals surface area contributed by atoms with Crippen LogP contribution in [0.5, 0.6) is 0 Å². The van der Waals surface area contributed by atoms with Gasteiger partial charge in [-0.05, 0) is 37.3 Å². The second kappa shape index (κ2) is 9.19. The van der Waals surface area contributed by atoms with Crippen molar-refractivity contribution >= 4 is 38.9 Å². The van der Waals surface area contributed by atoms with Gasteiger partial charge in [-0.3, -0.25) is 4.99 Å². The average molecular weight is 401 g/mol. The predicted octanol–water partition coefficient (Wildman–Crippen LogP) is 2.35. The third kappa shape index (κ3) is 6.32. The SMILES string of the molecule is CN=C(NCCNS(=O)(=O)c1cccc(Cl)c1)NCc1ccc(C)s1. The molecule has 25 heavy (non-hydrogen) atoms. The van der Waals surface area contributed by atoms with Crippen molar-refractivity contribution in [3.8, 4) is 0 Å². The zero-order valence-corrected chi connectivity index (χ0v) is 16.4. The number of thiophene rings is 1. The van der Waals surface area contributed by atoms with Gasteiger partial charge in [0.25, 0.3) is 0 Å². The van der Waals surface area contributed by atoms with E-state index in [0.29, 0.717) is 24.1 Å². The largest absolute Gasteiger partial charge is 0.355 e. The van der Waals surface area contributed by atoms with E-state index in [1.54, 1.807) is 30.5 Å². The van der Waals surface area contributed by atoms with Gasteiger partial charge in [0.2, 0.25) is 10.0 Å². The molecule has 0 aliphatic carbocycles. The molecule has 3 N–H and O–H groups in total. The number of hydrogen-bond acceptors (Lipinski definition) is 4. The molecule has 136 valence electrons. The molecular weight excluding hydrogens is 380 g/mol. The lowest BCUT2D eigenvalue weighted by Gasteiger charge is -2.12. The highest BCUT2D eigenvalue weighted by Gasteiger charge is 2.13. The molecule has 6 nitrogen and oxygen atoms in total. The minimum Gasteiger partial charge on any atom is -0.355 e. The molecular formula is C16H21ClN4O2S2. The Balaban J connectivity index is 1.77.